The smallest absolute Gasteiger partial charge is 0.306 e. The second kappa shape index (κ2) is 33.3. The Kier molecular flexibility index (Phi) is 32.4. The van der Waals surface area contributed by atoms with Crippen LogP contribution in [0.25, 0.3) is 0 Å². The number of ether oxygens (including phenoxy) is 2. The van der Waals surface area contributed by atoms with Crippen LogP contribution in [-0.2, 0) is 19.1 Å². The molecule has 0 aromatic heterocycles. The molecule has 0 aliphatic heterocycles. The molecule has 0 fully saturated rings. The first-order valence-electron chi connectivity index (χ1n) is 19.6. The van der Waals surface area contributed by atoms with E-state index in [0.717, 1.165) is 77.0 Å². The topological polar surface area (TPSA) is 78.6 Å². The first-order chi connectivity index (χ1) is 21.5. The monoisotopic (exact) mass is 624 g/mol. The minimum Gasteiger partial charge on any atom is -0.462 e. The summed E-state index contributed by atoms with van der Waals surface area (Å²) in [4.78, 5) is 25.3. The predicted molar refractivity (Wildman–Crippen MR) is 189 cm³/mol. The molecule has 0 aromatic rings. The highest BCUT2D eigenvalue weighted by Gasteiger charge is 2.17. The van der Waals surface area contributed by atoms with E-state index in [1.165, 1.54) is 103 Å². The zero-order valence-electron chi connectivity index (χ0n) is 30.2. The third-order valence-electron chi connectivity index (χ3n) is 9.03. The van der Waals surface area contributed by atoms with Crippen molar-refractivity contribution in [2.24, 2.45) is 5.73 Å². The number of esters is 2. The number of carbonyl (C=O) groups excluding carboxylic acids is 2. The molecular formula is C39H77NO4. The van der Waals surface area contributed by atoms with E-state index < -0.39 is 0 Å². The Bertz CT molecular complexity index is 545. The lowest BCUT2D eigenvalue weighted by molar-refractivity contribution is -0.150. The van der Waals surface area contributed by atoms with Crippen molar-refractivity contribution in [2.45, 2.75) is 239 Å². The number of unbranched alkanes of at least 4 members (excludes halogenated alkanes) is 16. The van der Waals surface area contributed by atoms with Crippen molar-refractivity contribution in [2.75, 3.05) is 0 Å². The van der Waals surface area contributed by atoms with Gasteiger partial charge in [0.05, 0.1) is 0 Å². The summed E-state index contributed by atoms with van der Waals surface area (Å²) in [5, 5.41) is 0. The van der Waals surface area contributed by atoms with Crippen molar-refractivity contribution in [1.82, 2.24) is 0 Å². The Morgan fingerprint density at radius 3 is 0.955 bits per heavy atom. The van der Waals surface area contributed by atoms with Crippen molar-refractivity contribution < 1.29 is 19.1 Å². The Hall–Kier alpha value is -1.10. The molecule has 0 aromatic carbocycles. The second-order valence-electron chi connectivity index (χ2n) is 13.6. The number of carbonyl (C=O) groups is 2. The highest BCUT2D eigenvalue weighted by molar-refractivity contribution is 5.69. The van der Waals surface area contributed by atoms with Gasteiger partial charge < -0.3 is 15.2 Å². The van der Waals surface area contributed by atoms with Crippen molar-refractivity contribution >= 4 is 11.9 Å². The highest BCUT2D eigenvalue weighted by Crippen LogP contribution is 2.19. The van der Waals surface area contributed by atoms with E-state index >= 15 is 0 Å². The molecule has 0 saturated heterocycles. The summed E-state index contributed by atoms with van der Waals surface area (Å²) in [7, 11) is 0. The summed E-state index contributed by atoms with van der Waals surface area (Å²) in [6.45, 7) is 8.96. The van der Waals surface area contributed by atoms with Crippen LogP contribution < -0.4 is 5.73 Å². The lowest BCUT2D eigenvalue weighted by atomic mass is 10.0. The third kappa shape index (κ3) is 29.6. The summed E-state index contributed by atoms with van der Waals surface area (Å²) >= 11 is 0. The molecule has 44 heavy (non-hydrogen) atoms. The maximum absolute atomic E-state index is 12.6. The van der Waals surface area contributed by atoms with Crippen LogP contribution >= 0.6 is 0 Å². The van der Waals surface area contributed by atoms with Crippen LogP contribution in [0.3, 0.4) is 0 Å². The van der Waals surface area contributed by atoms with Crippen LogP contribution in [0.4, 0.5) is 0 Å². The molecule has 0 bridgehead atoms. The summed E-state index contributed by atoms with van der Waals surface area (Å²) in [5.74, 6) is -0.133. The lowest BCUT2D eigenvalue weighted by Crippen LogP contribution is -2.22. The maximum Gasteiger partial charge on any atom is 0.306 e. The van der Waals surface area contributed by atoms with E-state index in [-0.39, 0.29) is 30.2 Å². The van der Waals surface area contributed by atoms with E-state index in [1.807, 2.05) is 0 Å². The van der Waals surface area contributed by atoms with E-state index in [2.05, 4.69) is 27.7 Å². The molecule has 0 amide bonds. The molecule has 0 saturated carbocycles. The van der Waals surface area contributed by atoms with Crippen LogP contribution in [0, 0.1) is 0 Å². The van der Waals surface area contributed by atoms with Crippen molar-refractivity contribution in [3.05, 3.63) is 0 Å². The largest absolute Gasteiger partial charge is 0.462 e. The second-order valence-corrected chi connectivity index (χ2v) is 13.6. The first kappa shape index (κ1) is 42.9. The van der Waals surface area contributed by atoms with Gasteiger partial charge in [-0.1, -0.05) is 130 Å². The molecule has 0 spiro atoms. The highest BCUT2D eigenvalue weighted by atomic mass is 16.5. The zero-order chi connectivity index (χ0) is 32.5. The minimum atomic E-state index is -0.0664. The van der Waals surface area contributed by atoms with Crippen molar-refractivity contribution in [3.8, 4) is 0 Å². The summed E-state index contributed by atoms with van der Waals surface area (Å²) in [6, 6.07) is 0.0106. The van der Waals surface area contributed by atoms with Crippen LogP contribution in [0.15, 0.2) is 0 Å². The fraction of sp³-hybridized carbons (Fsp3) is 0.949. The number of hydrogen-bond acceptors (Lipinski definition) is 5. The quantitative estimate of drug-likeness (QED) is 0.0570. The van der Waals surface area contributed by atoms with Gasteiger partial charge in [-0.3, -0.25) is 9.59 Å². The molecule has 0 heterocycles. The van der Waals surface area contributed by atoms with Gasteiger partial charge in [0.1, 0.15) is 12.2 Å². The molecule has 5 heteroatoms. The summed E-state index contributed by atoms with van der Waals surface area (Å²) < 4.78 is 11.9. The average Bonchev–Trinajstić information content (AvgIpc) is 3.00. The summed E-state index contributed by atoms with van der Waals surface area (Å²) in [5.41, 5.74) is 6.37. The number of hydrogen-bond donors (Lipinski definition) is 1. The van der Waals surface area contributed by atoms with Gasteiger partial charge in [-0.25, -0.2) is 0 Å². The fourth-order valence-corrected chi connectivity index (χ4v) is 6.08. The molecule has 0 unspecified atom stereocenters. The Morgan fingerprint density at radius 2 is 0.682 bits per heavy atom. The van der Waals surface area contributed by atoms with E-state index in [4.69, 9.17) is 15.2 Å². The minimum absolute atomic E-state index is 0.0106. The number of nitrogens with two attached hydrogens (primary N) is 1. The molecule has 0 rings (SSSR count). The van der Waals surface area contributed by atoms with Crippen LogP contribution in [0.5, 0.6) is 0 Å². The van der Waals surface area contributed by atoms with Crippen LogP contribution in [-0.4, -0.2) is 30.2 Å². The van der Waals surface area contributed by atoms with Crippen LogP contribution in [0.2, 0.25) is 0 Å². The molecule has 0 atom stereocenters. The van der Waals surface area contributed by atoms with E-state index in [1.54, 1.807) is 0 Å². The molecule has 0 aliphatic rings. The Balaban J connectivity index is 4.33. The van der Waals surface area contributed by atoms with Gasteiger partial charge in [0.25, 0.3) is 0 Å². The SMILES string of the molecule is CCCCCCCC(CCCCCCC)OC(=O)CCCC(N)CCCC(=O)OC(CCCCCCC)CCCCCCC. The number of rotatable bonds is 34. The first-order valence-corrected chi connectivity index (χ1v) is 19.6. The standard InChI is InChI=1S/C39H77NO4/c1-5-9-13-17-21-29-36(30-22-18-14-10-6-2)43-38(41)33-25-27-35(40)28-26-34-39(42)44-37(31-23-19-15-11-7-3)32-24-20-16-12-8-4/h35-37H,5-34,40H2,1-4H3. The Morgan fingerprint density at radius 1 is 0.409 bits per heavy atom. The molecule has 262 valence electrons. The van der Waals surface area contributed by atoms with Gasteiger partial charge in [0.2, 0.25) is 0 Å². The van der Waals surface area contributed by atoms with E-state index in [9.17, 15) is 9.59 Å². The third-order valence-corrected chi connectivity index (χ3v) is 9.03. The van der Waals surface area contributed by atoms with Crippen molar-refractivity contribution in [1.29, 1.82) is 0 Å². The lowest BCUT2D eigenvalue weighted by Gasteiger charge is -2.19. The van der Waals surface area contributed by atoms with Crippen LogP contribution in [0.1, 0.15) is 220 Å². The molecule has 2 N–H and O–H groups in total. The molecule has 5 nitrogen and oxygen atoms in total. The zero-order valence-corrected chi connectivity index (χ0v) is 30.2. The van der Waals surface area contributed by atoms with Gasteiger partial charge in [-0.05, 0) is 77.0 Å². The normalized spacial score (nSPS) is 11.6. The summed E-state index contributed by atoms with van der Waals surface area (Å²) in [6.07, 6.45) is 32.9. The van der Waals surface area contributed by atoms with E-state index in [0.29, 0.717) is 12.8 Å². The maximum atomic E-state index is 12.6. The van der Waals surface area contributed by atoms with Gasteiger partial charge in [-0.2, -0.15) is 0 Å². The fourth-order valence-electron chi connectivity index (χ4n) is 6.08. The van der Waals surface area contributed by atoms with Gasteiger partial charge in [0.15, 0.2) is 0 Å². The predicted octanol–water partition coefficient (Wildman–Crippen LogP) is 11.9. The molecular weight excluding hydrogens is 546 g/mol. The molecule has 0 radical (unpaired) electrons. The van der Waals surface area contributed by atoms with Gasteiger partial charge in [0, 0.05) is 18.9 Å². The van der Waals surface area contributed by atoms with Gasteiger partial charge >= 0.3 is 11.9 Å². The van der Waals surface area contributed by atoms with Gasteiger partial charge in [-0.15, -0.1) is 0 Å². The molecule has 0 aliphatic carbocycles. The van der Waals surface area contributed by atoms with Crippen molar-refractivity contribution in [3.63, 3.8) is 0 Å². The Labute approximate surface area is 274 Å². The average molecular weight is 624 g/mol.